The van der Waals surface area contributed by atoms with E-state index in [-0.39, 0.29) is 0 Å². The van der Waals surface area contributed by atoms with Gasteiger partial charge in [-0.15, -0.1) is 0 Å². The first kappa shape index (κ1) is 13.5. The van der Waals surface area contributed by atoms with Gasteiger partial charge in [-0.25, -0.2) is 0 Å². The predicted molar refractivity (Wildman–Crippen MR) is 74.5 cm³/mol. The minimum absolute atomic E-state index is 0.514. The van der Waals surface area contributed by atoms with E-state index in [0.29, 0.717) is 12.3 Å². The average molecular weight is 247 g/mol. The van der Waals surface area contributed by atoms with Gasteiger partial charge >= 0.3 is 0 Å². The molecule has 1 N–H and O–H groups in total. The molecule has 1 saturated carbocycles. The molecule has 1 aromatic heterocycles. The maximum atomic E-state index is 10.7. The Labute approximate surface area is 110 Å². The Bertz CT molecular complexity index is 373. The molecular formula is C16H25NO. The van der Waals surface area contributed by atoms with Crippen molar-refractivity contribution < 1.29 is 5.11 Å². The van der Waals surface area contributed by atoms with Crippen LogP contribution in [0.1, 0.15) is 57.2 Å². The normalized spacial score (nSPS) is 28.3. The smallest absolute Gasteiger partial charge is 0.0705 e. The summed E-state index contributed by atoms with van der Waals surface area (Å²) in [4.78, 5) is 4.48. The lowest BCUT2D eigenvalue weighted by Gasteiger charge is -2.36. The molecule has 0 radical (unpaired) electrons. The fourth-order valence-electron chi connectivity index (χ4n) is 3.08. The van der Waals surface area contributed by atoms with Crippen LogP contribution in [-0.2, 0) is 12.8 Å². The number of nitrogens with zero attached hydrogens (tertiary/aromatic N) is 1. The molecule has 1 aliphatic rings. The zero-order valence-corrected chi connectivity index (χ0v) is 11.7. The number of hydrogen-bond acceptors (Lipinski definition) is 2. The number of aliphatic hydroxyl groups is 1. The monoisotopic (exact) mass is 247 g/mol. The van der Waals surface area contributed by atoms with Gasteiger partial charge in [0.2, 0.25) is 0 Å². The Balaban J connectivity index is 2.02. The van der Waals surface area contributed by atoms with Crippen molar-refractivity contribution in [1.29, 1.82) is 0 Å². The molecule has 2 unspecified atom stereocenters. The van der Waals surface area contributed by atoms with Crippen molar-refractivity contribution in [2.75, 3.05) is 0 Å². The molecule has 0 amide bonds. The third-order valence-corrected chi connectivity index (χ3v) is 4.30. The van der Waals surface area contributed by atoms with Gasteiger partial charge in [0.05, 0.1) is 5.60 Å². The van der Waals surface area contributed by atoms with E-state index in [0.717, 1.165) is 31.4 Å². The molecule has 0 aliphatic heterocycles. The maximum absolute atomic E-state index is 10.7. The van der Waals surface area contributed by atoms with Gasteiger partial charge in [-0.3, -0.25) is 4.98 Å². The maximum Gasteiger partial charge on any atom is 0.0705 e. The van der Waals surface area contributed by atoms with Crippen LogP contribution in [0, 0.1) is 5.92 Å². The highest BCUT2D eigenvalue weighted by molar-refractivity contribution is 5.15. The van der Waals surface area contributed by atoms with Crippen molar-refractivity contribution in [2.45, 2.75) is 64.4 Å². The number of pyridine rings is 1. The fourth-order valence-corrected chi connectivity index (χ4v) is 3.08. The molecule has 0 aromatic carbocycles. The molecule has 2 nitrogen and oxygen atoms in total. The first-order valence-electron chi connectivity index (χ1n) is 7.31. The SMILES string of the molecule is CCc1ccc(CC2(O)CCCC(CC)C2)nc1. The van der Waals surface area contributed by atoms with Gasteiger partial charge in [0.25, 0.3) is 0 Å². The highest BCUT2D eigenvalue weighted by Gasteiger charge is 2.33. The standard InChI is InChI=1S/C16H25NO/c1-3-13-6-5-9-16(18,10-13)11-15-8-7-14(4-2)12-17-15/h7-8,12-13,18H,3-6,9-11H2,1-2H3. The van der Waals surface area contributed by atoms with Crippen LogP contribution in [0.5, 0.6) is 0 Å². The lowest BCUT2D eigenvalue weighted by atomic mass is 9.75. The zero-order valence-electron chi connectivity index (χ0n) is 11.7. The predicted octanol–water partition coefficient (Wildman–Crippen LogP) is 3.52. The lowest BCUT2D eigenvalue weighted by molar-refractivity contribution is -0.0169. The molecule has 1 aromatic rings. The summed E-state index contributed by atoms with van der Waals surface area (Å²) in [5.41, 5.74) is 1.78. The summed E-state index contributed by atoms with van der Waals surface area (Å²) < 4.78 is 0. The summed E-state index contributed by atoms with van der Waals surface area (Å²) in [5.74, 6) is 0.693. The summed E-state index contributed by atoms with van der Waals surface area (Å²) in [7, 11) is 0. The first-order valence-corrected chi connectivity index (χ1v) is 7.31. The van der Waals surface area contributed by atoms with Crippen molar-refractivity contribution in [3.05, 3.63) is 29.6 Å². The molecule has 0 spiro atoms. The van der Waals surface area contributed by atoms with Crippen molar-refractivity contribution in [3.8, 4) is 0 Å². The Morgan fingerprint density at radius 1 is 1.39 bits per heavy atom. The van der Waals surface area contributed by atoms with E-state index in [4.69, 9.17) is 0 Å². The van der Waals surface area contributed by atoms with Crippen molar-refractivity contribution in [3.63, 3.8) is 0 Å². The van der Waals surface area contributed by atoms with Crippen molar-refractivity contribution in [2.24, 2.45) is 5.92 Å². The molecule has 1 aliphatic carbocycles. The van der Waals surface area contributed by atoms with Crippen LogP contribution in [-0.4, -0.2) is 15.7 Å². The van der Waals surface area contributed by atoms with Gasteiger partial charge in [-0.05, 0) is 36.8 Å². The van der Waals surface area contributed by atoms with Gasteiger partial charge in [0.1, 0.15) is 0 Å². The van der Waals surface area contributed by atoms with Gasteiger partial charge < -0.3 is 5.11 Å². The van der Waals surface area contributed by atoms with Gasteiger partial charge in [-0.2, -0.15) is 0 Å². The second-order valence-corrected chi connectivity index (χ2v) is 5.78. The molecule has 2 rings (SSSR count). The molecule has 2 heteroatoms. The quantitative estimate of drug-likeness (QED) is 0.883. The minimum Gasteiger partial charge on any atom is -0.389 e. The summed E-state index contributed by atoms with van der Waals surface area (Å²) in [6.07, 6.45) is 9.18. The van der Waals surface area contributed by atoms with Gasteiger partial charge in [-0.1, -0.05) is 39.2 Å². The Morgan fingerprint density at radius 2 is 2.22 bits per heavy atom. The number of aromatic nitrogens is 1. The molecule has 2 atom stereocenters. The van der Waals surface area contributed by atoms with E-state index in [1.165, 1.54) is 18.4 Å². The average Bonchev–Trinajstić information content (AvgIpc) is 2.39. The highest BCUT2D eigenvalue weighted by Crippen LogP contribution is 2.36. The largest absolute Gasteiger partial charge is 0.389 e. The zero-order chi connectivity index (χ0) is 13.0. The van der Waals surface area contributed by atoms with Crippen molar-refractivity contribution in [1.82, 2.24) is 4.98 Å². The van der Waals surface area contributed by atoms with E-state index >= 15 is 0 Å². The summed E-state index contributed by atoms with van der Waals surface area (Å²) in [5, 5.41) is 10.7. The highest BCUT2D eigenvalue weighted by atomic mass is 16.3. The lowest BCUT2D eigenvalue weighted by Crippen LogP contribution is -2.37. The molecule has 0 bridgehead atoms. The Hall–Kier alpha value is -0.890. The molecule has 1 fully saturated rings. The Morgan fingerprint density at radius 3 is 2.83 bits per heavy atom. The number of aryl methyl sites for hydroxylation is 1. The van der Waals surface area contributed by atoms with Crippen LogP contribution in [0.25, 0.3) is 0 Å². The van der Waals surface area contributed by atoms with E-state index in [9.17, 15) is 5.11 Å². The number of hydrogen-bond donors (Lipinski definition) is 1. The molecule has 1 heterocycles. The van der Waals surface area contributed by atoms with Crippen LogP contribution in [0.4, 0.5) is 0 Å². The van der Waals surface area contributed by atoms with Crippen LogP contribution < -0.4 is 0 Å². The summed E-state index contributed by atoms with van der Waals surface area (Å²) in [6, 6.07) is 4.21. The second kappa shape index (κ2) is 5.83. The van der Waals surface area contributed by atoms with Crippen LogP contribution >= 0.6 is 0 Å². The van der Waals surface area contributed by atoms with E-state index in [1.54, 1.807) is 0 Å². The topological polar surface area (TPSA) is 33.1 Å². The van der Waals surface area contributed by atoms with Crippen LogP contribution in [0.3, 0.4) is 0 Å². The first-order chi connectivity index (χ1) is 8.65. The minimum atomic E-state index is -0.514. The molecule has 18 heavy (non-hydrogen) atoms. The van der Waals surface area contributed by atoms with E-state index < -0.39 is 5.60 Å². The third kappa shape index (κ3) is 3.32. The summed E-state index contributed by atoms with van der Waals surface area (Å²) >= 11 is 0. The third-order valence-electron chi connectivity index (χ3n) is 4.30. The van der Waals surface area contributed by atoms with Gasteiger partial charge in [0, 0.05) is 18.3 Å². The van der Waals surface area contributed by atoms with Crippen molar-refractivity contribution >= 4 is 0 Å². The number of rotatable bonds is 4. The second-order valence-electron chi connectivity index (χ2n) is 5.78. The van der Waals surface area contributed by atoms with E-state index in [1.807, 2.05) is 6.20 Å². The van der Waals surface area contributed by atoms with E-state index in [2.05, 4.69) is 31.0 Å². The molecule has 100 valence electrons. The van der Waals surface area contributed by atoms with Crippen LogP contribution in [0.2, 0.25) is 0 Å². The summed E-state index contributed by atoms with van der Waals surface area (Å²) in [6.45, 7) is 4.36. The molecular weight excluding hydrogens is 222 g/mol. The molecule has 0 saturated heterocycles. The fraction of sp³-hybridized carbons (Fsp3) is 0.688. The Kier molecular flexibility index (Phi) is 4.39. The van der Waals surface area contributed by atoms with Gasteiger partial charge in [0.15, 0.2) is 0 Å². The van der Waals surface area contributed by atoms with Crippen LogP contribution in [0.15, 0.2) is 18.3 Å².